The van der Waals surface area contributed by atoms with Crippen LogP contribution in [0.2, 0.25) is 0 Å². The first-order chi connectivity index (χ1) is 9.34. The number of aryl methyl sites for hydroxylation is 1. The molecule has 2 rings (SSSR count). The molecule has 0 bridgehead atoms. The van der Waals surface area contributed by atoms with E-state index < -0.39 is 17.8 Å². The van der Waals surface area contributed by atoms with Crippen LogP contribution in [0, 0.1) is 6.92 Å². The van der Waals surface area contributed by atoms with E-state index >= 15 is 0 Å². The SMILES string of the molecule is Cc1nccc(CNc2cc(C(F)(F)F)nc(N)n2)n1. The number of nitrogens with zero attached hydrogens (tertiary/aromatic N) is 4. The molecule has 0 aliphatic rings. The van der Waals surface area contributed by atoms with Gasteiger partial charge in [0.2, 0.25) is 5.95 Å². The Balaban J connectivity index is 2.16. The summed E-state index contributed by atoms with van der Waals surface area (Å²) in [6.45, 7) is 1.92. The van der Waals surface area contributed by atoms with Gasteiger partial charge in [-0.3, -0.25) is 0 Å². The van der Waals surface area contributed by atoms with Crippen LogP contribution in [0.1, 0.15) is 17.2 Å². The number of anilines is 2. The third-order valence-corrected chi connectivity index (χ3v) is 2.32. The Morgan fingerprint density at radius 1 is 1.25 bits per heavy atom. The van der Waals surface area contributed by atoms with Crippen LogP contribution in [-0.2, 0) is 12.7 Å². The third-order valence-electron chi connectivity index (χ3n) is 2.32. The largest absolute Gasteiger partial charge is 0.433 e. The van der Waals surface area contributed by atoms with Gasteiger partial charge < -0.3 is 11.1 Å². The molecule has 0 aliphatic heterocycles. The second-order valence-corrected chi connectivity index (χ2v) is 3.94. The lowest BCUT2D eigenvalue weighted by Gasteiger charge is -2.10. The van der Waals surface area contributed by atoms with E-state index in [9.17, 15) is 13.2 Å². The van der Waals surface area contributed by atoms with Gasteiger partial charge in [0, 0.05) is 12.3 Å². The van der Waals surface area contributed by atoms with Crippen molar-refractivity contribution < 1.29 is 13.2 Å². The summed E-state index contributed by atoms with van der Waals surface area (Å²) in [6, 6.07) is 2.44. The third kappa shape index (κ3) is 3.53. The molecule has 0 radical (unpaired) electrons. The lowest BCUT2D eigenvalue weighted by molar-refractivity contribution is -0.141. The van der Waals surface area contributed by atoms with Crippen LogP contribution in [0.3, 0.4) is 0 Å². The average molecular weight is 284 g/mol. The van der Waals surface area contributed by atoms with Crippen molar-refractivity contribution in [2.75, 3.05) is 11.1 Å². The molecule has 9 heteroatoms. The molecule has 2 heterocycles. The monoisotopic (exact) mass is 284 g/mol. The molecular weight excluding hydrogens is 273 g/mol. The molecule has 0 atom stereocenters. The quantitative estimate of drug-likeness (QED) is 0.893. The molecule has 0 saturated heterocycles. The summed E-state index contributed by atoms with van der Waals surface area (Å²) in [5, 5.41) is 2.72. The molecular formula is C11H11F3N6. The van der Waals surface area contributed by atoms with Crippen LogP contribution < -0.4 is 11.1 Å². The number of rotatable bonds is 3. The Morgan fingerprint density at radius 3 is 2.65 bits per heavy atom. The summed E-state index contributed by atoms with van der Waals surface area (Å²) < 4.78 is 37.7. The molecule has 0 fully saturated rings. The van der Waals surface area contributed by atoms with Gasteiger partial charge in [-0.05, 0) is 13.0 Å². The number of nitrogens with two attached hydrogens (primary N) is 1. The van der Waals surface area contributed by atoms with Crippen molar-refractivity contribution in [3.05, 3.63) is 35.5 Å². The van der Waals surface area contributed by atoms with Crippen LogP contribution >= 0.6 is 0 Å². The van der Waals surface area contributed by atoms with E-state index in [0.717, 1.165) is 6.07 Å². The molecule has 0 unspecified atom stereocenters. The number of hydrogen-bond acceptors (Lipinski definition) is 6. The second-order valence-electron chi connectivity index (χ2n) is 3.94. The van der Waals surface area contributed by atoms with Crippen LogP contribution in [0.25, 0.3) is 0 Å². The summed E-state index contributed by atoms with van der Waals surface area (Å²) in [4.78, 5) is 14.9. The van der Waals surface area contributed by atoms with Crippen LogP contribution in [0.4, 0.5) is 24.9 Å². The van der Waals surface area contributed by atoms with Gasteiger partial charge in [0.25, 0.3) is 0 Å². The smallest absolute Gasteiger partial charge is 0.368 e. The average Bonchev–Trinajstić information content (AvgIpc) is 2.35. The van der Waals surface area contributed by atoms with Gasteiger partial charge in [0.15, 0.2) is 5.69 Å². The van der Waals surface area contributed by atoms with Crippen molar-refractivity contribution in [1.29, 1.82) is 0 Å². The van der Waals surface area contributed by atoms with Crippen molar-refractivity contribution in [2.24, 2.45) is 0 Å². The van der Waals surface area contributed by atoms with Crippen LogP contribution in [0.5, 0.6) is 0 Å². The van der Waals surface area contributed by atoms with Gasteiger partial charge >= 0.3 is 6.18 Å². The summed E-state index contributed by atoms with van der Waals surface area (Å²) >= 11 is 0. The Labute approximate surface area is 112 Å². The molecule has 106 valence electrons. The number of halogens is 3. The normalized spacial score (nSPS) is 11.4. The second kappa shape index (κ2) is 5.27. The molecule has 6 nitrogen and oxygen atoms in total. The highest BCUT2D eigenvalue weighted by Gasteiger charge is 2.33. The number of nitrogen functional groups attached to an aromatic ring is 1. The molecule has 0 spiro atoms. The van der Waals surface area contributed by atoms with Gasteiger partial charge in [0.05, 0.1) is 12.2 Å². The lowest BCUT2D eigenvalue weighted by atomic mass is 10.3. The van der Waals surface area contributed by atoms with E-state index in [2.05, 4.69) is 25.3 Å². The van der Waals surface area contributed by atoms with Gasteiger partial charge in [-0.2, -0.15) is 18.2 Å². The molecule has 0 aromatic carbocycles. The highest BCUT2D eigenvalue weighted by molar-refractivity contribution is 5.41. The van der Waals surface area contributed by atoms with Crippen LogP contribution in [-0.4, -0.2) is 19.9 Å². The fourth-order valence-corrected chi connectivity index (χ4v) is 1.49. The van der Waals surface area contributed by atoms with E-state index in [0.29, 0.717) is 11.5 Å². The summed E-state index contributed by atoms with van der Waals surface area (Å²) in [5.41, 5.74) is 4.80. The Morgan fingerprint density at radius 2 is 2.00 bits per heavy atom. The minimum absolute atomic E-state index is 0.0129. The van der Waals surface area contributed by atoms with E-state index in [-0.39, 0.29) is 12.4 Å². The molecule has 0 saturated carbocycles. The van der Waals surface area contributed by atoms with Crippen molar-refractivity contribution in [3.8, 4) is 0 Å². The Kier molecular flexibility index (Phi) is 3.68. The van der Waals surface area contributed by atoms with Crippen LogP contribution in [0.15, 0.2) is 18.3 Å². The minimum Gasteiger partial charge on any atom is -0.368 e. The molecule has 0 aliphatic carbocycles. The number of nitrogens with one attached hydrogen (secondary N) is 1. The first kappa shape index (κ1) is 14.0. The molecule has 2 aromatic heterocycles. The molecule has 2 aromatic rings. The molecule has 0 amide bonds. The summed E-state index contributed by atoms with van der Waals surface area (Å²) in [7, 11) is 0. The maximum absolute atomic E-state index is 12.6. The van der Waals surface area contributed by atoms with Crippen molar-refractivity contribution >= 4 is 11.8 Å². The predicted molar refractivity (Wildman–Crippen MR) is 65.5 cm³/mol. The van der Waals surface area contributed by atoms with Crippen molar-refractivity contribution in [3.63, 3.8) is 0 Å². The summed E-state index contributed by atoms with van der Waals surface area (Å²) in [6.07, 6.45) is -3.01. The first-order valence-corrected chi connectivity index (χ1v) is 5.59. The molecule has 3 N–H and O–H groups in total. The Hall–Kier alpha value is -2.45. The lowest BCUT2D eigenvalue weighted by Crippen LogP contribution is -2.13. The first-order valence-electron chi connectivity index (χ1n) is 5.59. The van der Waals surface area contributed by atoms with E-state index in [1.54, 1.807) is 19.2 Å². The van der Waals surface area contributed by atoms with Gasteiger partial charge in [-0.25, -0.2) is 15.0 Å². The zero-order chi connectivity index (χ0) is 14.8. The van der Waals surface area contributed by atoms with E-state index in [4.69, 9.17) is 5.73 Å². The van der Waals surface area contributed by atoms with Gasteiger partial charge in [-0.15, -0.1) is 0 Å². The maximum Gasteiger partial charge on any atom is 0.433 e. The highest BCUT2D eigenvalue weighted by Crippen LogP contribution is 2.29. The minimum atomic E-state index is -4.57. The Bertz CT molecular complexity index is 613. The van der Waals surface area contributed by atoms with Gasteiger partial charge in [0.1, 0.15) is 11.6 Å². The van der Waals surface area contributed by atoms with Crippen molar-refractivity contribution in [2.45, 2.75) is 19.6 Å². The number of alkyl halides is 3. The van der Waals surface area contributed by atoms with Gasteiger partial charge in [-0.1, -0.05) is 0 Å². The fraction of sp³-hybridized carbons (Fsp3) is 0.273. The topological polar surface area (TPSA) is 89.6 Å². The number of aromatic nitrogens is 4. The summed E-state index contributed by atoms with van der Waals surface area (Å²) in [5.74, 6) is 0.116. The fourth-order valence-electron chi connectivity index (χ4n) is 1.49. The maximum atomic E-state index is 12.6. The number of hydrogen-bond donors (Lipinski definition) is 2. The van der Waals surface area contributed by atoms with E-state index in [1.165, 1.54) is 0 Å². The zero-order valence-corrected chi connectivity index (χ0v) is 10.4. The van der Waals surface area contributed by atoms with Crippen molar-refractivity contribution in [1.82, 2.24) is 19.9 Å². The predicted octanol–water partition coefficient (Wildman–Crippen LogP) is 1.79. The van der Waals surface area contributed by atoms with E-state index in [1.807, 2.05) is 0 Å². The standard InChI is InChI=1S/C11H11F3N6/c1-6-16-3-2-7(18-6)5-17-9-4-8(11(12,13)14)19-10(15)20-9/h2-4H,5H2,1H3,(H3,15,17,19,20). The zero-order valence-electron chi connectivity index (χ0n) is 10.4. The molecule has 20 heavy (non-hydrogen) atoms. The highest BCUT2D eigenvalue weighted by atomic mass is 19.4.